The van der Waals surface area contributed by atoms with Crippen LogP contribution in [0.3, 0.4) is 0 Å². The van der Waals surface area contributed by atoms with Crippen molar-refractivity contribution in [2.24, 2.45) is 0 Å². The molecule has 1 saturated heterocycles. The van der Waals surface area contributed by atoms with Crippen LogP contribution in [0.1, 0.15) is 31.7 Å². The first-order valence-electron chi connectivity index (χ1n) is 7.37. The largest absolute Gasteiger partial charge is 0.327 e. The van der Waals surface area contributed by atoms with Crippen molar-refractivity contribution in [3.63, 3.8) is 0 Å². The molecule has 1 aromatic rings. The number of nitrogens with one attached hydrogen (secondary N) is 1. The van der Waals surface area contributed by atoms with E-state index in [0.29, 0.717) is 11.6 Å². The van der Waals surface area contributed by atoms with Crippen molar-refractivity contribution in [2.75, 3.05) is 25.5 Å². The first-order chi connectivity index (χ1) is 10.4. The molecule has 2 rings (SSSR count). The van der Waals surface area contributed by atoms with E-state index in [1.165, 1.54) is 17.5 Å². The number of likely N-dealkylation sites (N-methyl/N-ethyl adjacent to an activating group) is 1. The Hall–Kier alpha value is -2.37. The lowest BCUT2D eigenvalue weighted by molar-refractivity contribution is -0.129. The molecule has 22 heavy (non-hydrogen) atoms. The Morgan fingerprint density at radius 1 is 1.27 bits per heavy atom. The molecule has 0 aromatic heterocycles. The van der Waals surface area contributed by atoms with Crippen molar-refractivity contribution in [3.8, 4) is 0 Å². The van der Waals surface area contributed by atoms with E-state index in [-0.39, 0.29) is 24.9 Å². The number of rotatable bonds is 5. The summed E-state index contributed by atoms with van der Waals surface area (Å²) in [6.45, 7) is 4.04. The predicted octanol–water partition coefficient (Wildman–Crippen LogP) is 2.03. The third-order valence-electron chi connectivity index (χ3n) is 3.91. The fourth-order valence-electron chi connectivity index (χ4n) is 2.30. The second kappa shape index (κ2) is 6.60. The van der Waals surface area contributed by atoms with Crippen LogP contribution in [0.5, 0.6) is 0 Å². The fourth-order valence-corrected chi connectivity index (χ4v) is 2.30. The highest BCUT2D eigenvalue weighted by Crippen LogP contribution is 2.20. The normalized spacial score (nSPS) is 16.1. The Balaban J connectivity index is 1.95. The summed E-state index contributed by atoms with van der Waals surface area (Å²) in [7, 11) is 1.53. The van der Waals surface area contributed by atoms with Gasteiger partial charge in [-0.05, 0) is 30.0 Å². The molecule has 1 aliphatic rings. The van der Waals surface area contributed by atoms with Crippen LogP contribution < -0.4 is 5.32 Å². The van der Waals surface area contributed by atoms with Crippen LogP contribution in [-0.2, 0) is 9.59 Å². The minimum atomic E-state index is -0.438. The Morgan fingerprint density at radius 2 is 1.91 bits per heavy atom. The van der Waals surface area contributed by atoms with Gasteiger partial charge in [0.05, 0.1) is 0 Å². The number of anilines is 1. The summed E-state index contributed by atoms with van der Waals surface area (Å²) in [6.07, 6.45) is 1.05. The minimum absolute atomic E-state index is 0.0235. The van der Waals surface area contributed by atoms with Gasteiger partial charge in [-0.3, -0.25) is 14.5 Å². The van der Waals surface area contributed by atoms with Gasteiger partial charge in [-0.15, -0.1) is 0 Å². The number of hydrogen-bond acceptors (Lipinski definition) is 3. The molecule has 0 radical (unpaired) electrons. The first kappa shape index (κ1) is 16.0. The zero-order valence-corrected chi connectivity index (χ0v) is 13.1. The third kappa shape index (κ3) is 3.44. The molecule has 0 saturated carbocycles. The van der Waals surface area contributed by atoms with Crippen LogP contribution in [0.4, 0.5) is 10.5 Å². The number of nitrogens with zero attached hydrogens (tertiary/aromatic N) is 2. The van der Waals surface area contributed by atoms with E-state index in [9.17, 15) is 14.4 Å². The van der Waals surface area contributed by atoms with Crippen molar-refractivity contribution < 1.29 is 14.4 Å². The molecule has 6 heteroatoms. The topological polar surface area (TPSA) is 69.7 Å². The van der Waals surface area contributed by atoms with Gasteiger partial charge in [0.15, 0.2) is 0 Å². The number of benzene rings is 1. The maximum Gasteiger partial charge on any atom is 0.327 e. The van der Waals surface area contributed by atoms with Gasteiger partial charge in [0.1, 0.15) is 13.1 Å². The number of urea groups is 1. The van der Waals surface area contributed by atoms with E-state index < -0.39 is 6.03 Å². The van der Waals surface area contributed by atoms with Gasteiger partial charge in [-0.1, -0.05) is 26.0 Å². The Labute approximate surface area is 130 Å². The number of hydrogen-bond donors (Lipinski definition) is 1. The summed E-state index contributed by atoms with van der Waals surface area (Å²) in [5, 5.41) is 2.71. The van der Waals surface area contributed by atoms with Crippen LogP contribution in [0.15, 0.2) is 24.3 Å². The average Bonchev–Trinajstić information content (AvgIpc) is 2.73. The molecule has 1 aromatic carbocycles. The Morgan fingerprint density at radius 3 is 2.41 bits per heavy atom. The summed E-state index contributed by atoms with van der Waals surface area (Å²) < 4.78 is 0. The molecule has 1 fully saturated rings. The van der Waals surface area contributed by atoms with E-state index in [1.807, 2.05) is 24.3 Å². The Kier molecular flexibility index (Phi) is 4.80. The van der Waals surface area contributed by atoms with Crippen LogP contribution in [-0.4, -0.2) is 47.8 Å². The summed E-state index contributed by atoms with van der Waals surface area (Å²) in [5.74, 6) is -0.261. The number of imide groups is 1. The van der Waals surface area contributed by atoms with Crippen LogP contribution >= 0.6 is 0 Å². The van der Waals surface area contributed by atoms with Gasteiger partial charge in [0.25, 0.3) is 5.91 Å². The second-order valence-electron chi connectivity index (χ2n) is 5.60. The molecule has 1 atom stereocenters. The van der Waals surface area contributed by atoms with E-state index in [0.717, 1.165) is 11.3 Å². The highest BCUT2D eigenvalue weighted by atomic mass is 16.2. The van der Waals surface area contributed by atoms with Crippen LogP contribution in [0.25, 0.3) is 0 Å². The zero-order valence-electron chi connectivity index (χ0n) is 13.1. The number of carbonyl (C=O) groups excluding carboxylic acids is 3. The van der Waals surface area contributed by atoms with E-state index in [1.54, 1.807) is 0 Å². The Bertz CT molecular complexity index is 583. The van der Waals surface area contributed by atoms with Gasteiger partial charge in [-0.2, -0.15) is 0 Å². The maximum atomic E-state index is 12.0. The van der Waals surface area contributed by atoms with Gasteiger partial charge < -0.3 is 10.2 Å². The van der Waals surface area contributed by atoms with Gasteiger partial charge in [0.2, 0.25) is 5.91 Å². The molecule has 0 spiro atoms. The molecule has 4 amide bonds. The van der Waals surface area contributed by atoms with Crippen molar-refractivity contribution in [1.29, 1.82) is 0 Å². The van der Waals surface area contributed by atoms with Gasteiger partial charge in [-0.25, -0.2) is 4.79 Å². The highest BCUT2D eigenvalue weighted by molar-refractivity contribution is 6.06. The molecule has 1 aliphatic heterocycles. The summed E-state index contributed by atoms with van der Waals surface area (Å²) in [6, 6.07) is 7.18. The van der Waals surface area contributed by atoms with E-state index in [4.69, 9.17) is 0 Å². The lowest BCUT2D eigenvalue weighted by Crippen LogP contribution is -2.38. The molecule has 1 N–H and O–H groups in total. The van der Waals surface area contributed by atoms with Crippen molar-refractivity contribution in [2.45, 2.75) is 26.2 Å². The van der Waals surface area contributed by atoms with Crippen molar-refractivity contribution >= 4 is 23.5 Å². The van der Waals surface area contributed by atoms with E-state index >= 15 is 0 Å². The zero-order chi connectivity index (χ0) is 16.3. The van der Waals surface area contributed by atoms with Crippen LogP contribution in [0.2, 0.25) is 0 Å². The highest BCUT2D eigenvalue weighted by Gasteiger charge is 2.34. The number of amides is 4. The lowest BCUT2D eigenvalue weighted by Gasteiger charge is -2.14. The quantitative estimate of drug-likeness (QED) is 0.846. The molecular formula is C16H21N3O3. The summed E-state index contributed by atoms with van der Waals surface area (Å²) in [5.41, 5.74) is 1.87. The van der Waals surface area contributed by atoms with Crippen molar-refractivity contribution in [1.82, 2.24) is 9.80 Å². The standard InChI is InChI=1S/C16H21N3O3/c1-4-11(2)12-5-7-13(8-6-12)17-14(20)9-19-15(21)10-18(3)16(19)22/h5-8,11H,4,9-10H2,1-3H3,(H,17,20)/t11-/m0/s1. The fraction of sp³-hybridized carbons (Fsp3) is 0.438. The van der Waals surface area contributed by atoms with Crippen molar-refractivity contribution in [3.05, 3.63) is 29.8 Å². The molecule has 1 heterocycles. The molecule has 0 unspecified atom stereocenters. The van der Waals surface area contributed by atoms with Gasteiger partial charge in [0, 0.05) is 12.7 Å². The SMILES string of the molecule is CC[C@H](C)c1ccc(NC(=O)CN2C(=O)CN(C)C2=O)cc1. The lowest BCUT2D eigenvalue weighted by atomic mass is 9.99. The molecular weight excluding hydrogens is 282 g/mol. The average molecular weight is 303 g/mol. The minimum Gasteiger partial charge on any atom is -0.325 e. The maximum absolute atomic E-state index is 12.0. The molecule has 118 valence electrons. The molecule has 0 aliphatic carbocycles. The molecule has 0 bridgehead atoms. The number of carbonyl (C=O) groups is 3. The third-order valence-corrected chi connectivity index (χ3v) is 3.91. The van der Waals surface area contributed by atoms with E-state index in [2.05, 4.69) is 19.2 Å². The second-order valence-corrected chi connectivity index (χ2v) is 5.60. The van der Waals surface area contributed by atoms with Crippen LogP contribution in [0, 0.1) is 0 Å². The predicted molar refractivity (Wildman–Crippen MR) is 83.5 cm³/mol. The smallest absolute Gasteiger partial charge is 0.325 e. The summed E-state index contributed by atoms with van der Waals surface area (Å²) >= 11 is 0. The summed E-state index contributed by atoms with van der Waals surface area (Å²) in [4.78, 5) is 37.5. The monoisotopic (exact) mass is 303 g/mol. The first-order valence-corrected chi connectivity index (χ1v) is 7.37. The van der Waals surface area contributed by atoms with Gasteiger partial charge >= 0.3 is 6.03 Å². The molecule has 6 nitrogen and oxygen atoms in total.